The lowest BCUT2D eigenvalue weighted by Gasteiger charge is -2.24. The standard InChI is InChI=1S/C24H33N3/c1-7-20(8-2)17-27(18-21-9-13-23(14-10-21)25(3)4)19-22-11-15-24(16-12-22)26(5)6/h7-16H,1,17-19H2,2-6H3. The van der Waals surface area contributed by atoms with E-state index < -0.39 is 0 Å². The summed E-state index contributed by atoms with van der Waals surface area (Å²) in [5.41, 5.74) is 6.36. The maximum Gasteiger partial charge on any atom is 0.0361 e. The molecule has 0 fully saturated rings. The highest BCUT2D eigenvalue weighted by Gasteiger charge is 2.09. The fourth-order valence-corrected chi connectivity index (χ4v) is 3.01. The van der Waals surface area contributed by atoms with Crippen LogP contribution in [0.2, 0.25) is 0 Å². The Labute approximate surface area is 165 Å². The highest BCUT2D eigenvalue weighted by atomic mass is 15.1. The van der Waals surface area contributed by atoms with E-state index in [4.69, 9.17) is 0 Å². The summed E-state index contributed by atoms with van der Waals surface area (Å²) in [5.74, 6) is 0. The minimum atomic E-state index is 0.894. The number of benzene rings is 2. The van der Waals surface area contributed by atoms with Crippen molar-refractivity contribution in [2.75, 3.05) is 44.5 Å². The van der Waals surface area contributed by atoms with Gasteiger partial charge in [0.05, 0.1) is 0 Å². The number of hydrogen-bond acceptors (Lipinski definition) is 3. The van der Waals surface area contributed by atoms with Crippen LogP contribution in [0.15, 0.2) is 72.8 Å². The lowest BCUT2D eigenvalue weighted by atomic mass is 10.1. The average Bonchev–Trinajstić information content (AvgIpc) is 2.66. The van der Waals surface area contributed by atoms with E-state index in [0.29, 0.717) is 0 Å². The van der Waals surface area contributed by atoms with Crippen LogP contribution >= 0.6 is 0 Å². The van der Waals surface area contributed by atoms with Crippen molar-refractivity contribution in [1.29, 1.82) is 0 Å². The van der Waals surface area contributed by atoms with Crippen molar-refractivity contribution in [3.05, 3.63) is 84.0 Å². The summed E-state index contributed by atoms with van der Waals surface area (Å²) in [6.45, 7) is 8.75. The van der Waals surface area contributed by atoms with Gasteiger partial charge in [0.2, 0.25) is 0 Å². The molecule has 0 N–H and O–H groups in total. The molecule has 0 unspecified atom stereocenters. The van der Waals surface area contributed by atoms with Gasteiger partial charge in [-0.15, -0.1) is 0 Å². The molecule has 27 heavy (non-hydrogen) atoms. The molecule has 0 aliphatic heterocycles. The first-order valence-electron chi connectivity index (χ1n) is 9.45. The number of hydrogen-bond donors (Lipinski definition) is 0. The maximum atomic E-state index is 3.96. The molecule has 0 spiro atoms. The van der Waals surface area contributed by atoms with Gasteiger partial charge in [-0.3, -0.25) is 4.90 Å². The van der Waals surface area contributed by atoms with E-state index >= 15 is 0 Å². The molecule has 0 amide bonds. The molecule has 2 aromatic rings. The van der Waals surface area contributed by atoms with E-state index in [0.717, 1.165) is 19.6 Å². The topological polar surface area (TPSA) is 9.72 Å². The van der Waals surface area contributed by atoms with Gasteiger partial charge in [-0.2, -0.15) is 0 Å². The Bertz CT molecular complexity index is 687. The molecule has 0 radical (unpaired) electrons. The summed E-state index contributed by atoms with van der Waals surface area (Å²) < 4.78 is 0. The Morgan fingerprint density at radius 1 is 0.778 bits per heavy atom. The molecule has 0 saturated carbocycles. The molecule has 0 aliphatic rings. The summed E-state index contributed by atoms with van der Waals surface area (Å²) in [6, 6.07) is 17.6. The van der Waals surface area contributed by atoms with Crippen molar-refractivity contribution in [2.24, 2.45) is 0 Å². The minimum Gasteiger partial charge on any atom is -0.378 e. The maximum absolute atomic E-state index is 3.96. The van der Waals surface area contributed by atoms with Crippen LogP contribution in [0, 0.1) is 0 Å². The quantitative estimate of drug-likeness (QED) is 0.584. The van der Waals surface area contributed by atoms with Gasteiger partial charge in [-0.1, -0.05) is 43.0 Å². The van der Waals surface area contributed by atoms with Crippen molar-refractivity contribution in [3.8, 4) is 0 Å². The second kappa shape index (κ2) is 9.98. The monoisotopic (exact) mass is 363 g/mol. The molecule has 0 atom stereocenters. The zero-order chi connectivity index (χ0) is 19.8. The summed E-state index contributed by atoms with van der Waals surface area (Å²) in [5, 5.41) is 0. The van der Waals surface area contributed by atoms with Crippen LogP contribution in [-0.2, 0) is 13.1 Å². The molecule has 2 aromatic carbocycles. The summed E-state index contributed by atoms with van der Waals surface area (Å²) in [6.07, 6.45) is 4.10. The van der Waals surface area contributed by atoms with Gasteiger partial charge in [0.15, 0.2) is 0 Å². The second-order valence-corrected chi connectivity index (χ2v) is 7.33. The number of allylic oxidation sites excluding steroid dienone is 1. The molecular formula is C24H33N3. The average molecular weight is 364 g/mol. The van der Waals surface area contributed by atoms with Gasteiger partial charge in [0.25, 0.3) is 0 Å². The van der Waals surface area contributed by atoms with Gasteiger partial charge in [-0.25, -0.2) is 0 Å². The van der Waals surface area contributed by atoms with Gasteiger partial charge >= 0.3 is 0 Å². The highest BCUT2D eigenvalue weighted by Crippen LogP contribution is 2.18. The van der Waals surface area contributed by atoms with Gasteiger partial charge in [-0.05, 0) is 47.9 Å². The van der Waals surface area contributed by atoms with Crippen molar-refractivity contribution >= 4 is 11.4 Å². The largest absolute Gasteiger partial charge is 0.378 e. The van der Waals surface area contributed by atoms with Crippen LogP contribution in [-0.4, -0.2) is 39.6 Å². The van der Waals surface area contributed by atoms with E-state index in [2.05, 4.69) is 111 Å². The van der Waals surface area contributed by atoms with Crippen LogP contribution in [0.4, 0.5) is 11.4 Å². The van der Waals surface area contributed by atoms with E-state index in [-0.39, 0.29) is 0 Å². The highest BCUT2D eigenvalue weighted by molar-refractivity contribution is 5.47. The molecule has 3 heteroatoms. The zero-order valence-corrected chi connectivity index (χ0v) is 17.4. The van der Waals surface area contributed by atoms with Crippen molar-refractivity contribution in [3.63, 3.8) is 0 Å². The van der Waals surface area contributed by atoms with E-state index in [1.54, 1.807) is 0 Å². The SMILES string of the molecule is C=CC(=CC)CN(Cc1ccc(N(C)C)cc1)Cc1ccc(N(C)C)cc1. The van der Waals surface area contributed by atoms with Gasteiger partial charge in [0, 0.05) is 59.2 Å². The van der Waals surface area contributed by atoms with Crippen LogP contribution in [0.1, 0.15) is 18.1 Å². The Morgan fingerprint density at radius 3 is 1.48 bits per heavy atom. The van der Waals surface area contributed by atoms with Crippen LogP contribution < -0.4 is 9.80 Å². The van der Waals surface area contributed by atoms with Crippen LogP contribution in [0.3, 0.4) is 0 Å². The van der Waals surface area contributed by atoms with Gasteiger partial charge in [0.1, 0.15) is 0 Å². The number of rotatable bonds is 9. The first-order chi connectivity index (χ1) is 12.9. The Balaban J connectivity index is 2.16. The van der Waals surface area contributed by atoms with Crippen molar-refractivity contribution < 1.29 is 0 Å². The Kier molecular flexibility index (Phi) is 7.68. The fraction of sp³-hybridized carbons (Fsp3) is 0.333. The van der Waals surface area contributed by atoms with E-state index in [1.807, 2.05) is 6.08 Å². The van der Waals surface area contributed by atoms with E-state index in [1.165, 1.54) is 28.1 Å². The molecular weight excluding hydrogens is 330 g/mol. The second-order valence-electron chi connectivity index (χ2n) is 7.33. The molecule has 2 rings (SSSR count). The Morgan fingerprint density at radius 2 is 1.19 bits per heavy atom. The summed E-state index contributed by atoms with van der Waals surface area (Å²) in [4.78, 5) is 6.72. The third-order valence-electron chi connectivity index (χ3n) is 4.76. The summed E-state index contributed by atoms with van der Waals surface area (Å²) >= 11 is 0. The predicted molar refractivity (Wildman–Crippen MR) is 120 cm³/mol. The van der Waals surface area contributed by atoms with Crippen LogP contribution in [0.25, 0.3) is 0 Å². The molecule has 0 heterocycles. The minimum absolute atomic E-state index is 0.894. The van der Waals surface area contributed by atoms with E-state index in [9.17, 15) is 0 Å². The predicted octanol–water partition coefficient (Wildman–Crippen LogP) is 4.95. The lowest BCUT2D eigenvalue weighted by Crippen LogP contribution is -2.25. The zero-order valence-electron chi connectivity index (χ0n) is 17.4. The van der Waals surface area contributed by atoms with Crippen molar-refractivity contribution in [1.82, 2.24) is 4.90 Å². The van der Waals surface area contributed by atoms with Gasteiger partial charge < -0.3 is 9.80 Å². The molecule has 0 saturated heterocycles. The third-order valence-corrected chi connectivity index (χ3v) is 4.76. The number of anilines is 2. The lowest BCUT2D eigenvalue weighted by molar-refractivity contribution is 0.281. The molecule has 0 bridgehead atoms. The molecule has 0 aliphatic carbocycles. The fourth-order valence-electron chi connectivity index (χ4n) is 3.01. The molecule has 0 aromatic heterocycles. The normalized spacial score (nSPS) is 11.6. The smallest absolute Gasteiger partial charge is 0.0361 e. The third kappa shape index (κ3) is 6.30. The first-order valence-corrected chi connectivity index (χ1v) is 9.45. The molecule has 3 nitrogen and oxygen atoms in total. The first kappa shape index (κ1) is 20.8. The van der Waals surface area contributed by atoms with Crippen LogP contribution in [0.5, 0.6) is 0 Å². The number of nitrogens with zero attached hydrogens (tertiary/aromatic N) is 3. The molecule has 144 valence electrons. The Hall–Kier alpha value is -2.52. The summed E-state index contributed by atoms with van der Waals surface area (Å²) in [7, 11) is 8.28. The van der Waals surface area contributed by atoms with Crippen molar-refractivity contribution in [2.45, 2.75) is 20.0 Å².